The van der Waals surface area contributed by atoms with Crippen LogP contribution < -0.4 is 0 Å². The van der Waals surface area contributed by atoms with Crippen molar-refractivity contribution in [3.63, 3.8) is 0 Å². The molecule has 0 heterocycles. The third kappa shape index (κ3) is 3.69. The van der Waals surface area contributed by atoms with Crippen molar-refractivity contribution >= 4 is 12.3 Å². The maximum absolute atomic E-state index is 13.4. The van der Waals surface area contributed by atoms with Gasteiger partial charge in [-0.3, -0.25) is 4.90 Å². The minimum atomic E-state index is -1.17. The average molecular weight is 282 g/mol. The van der Waals surface area contributed by atoms with Gasteiger partial charge in [-0.2, -0.15) is 0 Å². The van der Waals surface area contributed by atoms with E-state index in [0.717, 1.165) is 4.90 Å². The topological polar surface area (TPSA) is 73.1 Å². The molecule has 20 heavy (non-hydrogen) atoms. The molecule has 5 nitrogen and oxygen atoms in total. The van der Waals surface area contributed by atoms with Gasteiger partial charge in [-0.1, -0.05) is 29.4 Å². The van der Waals surface area contributed by atoms with Gasteiger partial charge in [0, 0.05) is 5.54 Å². The number of halogens is 1. The molecule has 6 heteroatoms. The van der Waals surface area contributed by atoms with Crippen molar-refractivity contribution in [2.75, 3.05) is 6.67 Å². The molecule has 1 amide bonds. The number of benzene rings is 1. The minimum absolute atomic E-state index is 0.555. The monoisotopic (exact) mass is 282 g/mol. The standard InChI is InChI=1S/C14H19FN2O3/c1-14(2,3)17(13(18)19)12(8-15)11-6-4-10(5-7-11)9-16-20/h4-7,9,12,20H,8H2,1-3H3,(H,18,19). The highest BCUT2D eigenvalue weighted by atomic mass is 19.1. The molecule has 1 aromatic rings. The third-order valence-electron chi connectivity index (χ3n) is 2.91. The summed E-state index contributed by atoms with van der Waals surface area (Å²) in [6, 6.07) is 5.67. The van der Waals surface area contributed by atoms with E-state index in [0.29, 0.717) is 11.1 Å². The molecule has 1 unspecified atom stereocenters. The van der Waals surface area contributed by atoms with Gasteiger partial charge in [0.1, 0.15) is 6.67 Å². The molecule has 2 N–H and O–H groups in total. The maximum atomic E-state index is 13.4. The lowest BCUT2D eigenvalue weighted by molar-refractivity contribution is 0.0603. The SMILES string of the molecule is CC(C)(C)N(C(=O)O)C(CF)c1ccc(C=NO)cc1. The molecule has 0 spiro atoms. The third-order valence-corrected chi connectivity index (χ3v) is 2.91. The number of amides is 1. The first-order chi connectivity index (χ1) is 9.31. The van der Waals surface area contributed by atoms with E-state index in [1.165, 1.54) is 6.21 Å². The molecule has 0 aliphatic rings. The van der Waals surface area contributed by atoms with Crippen LogP contribution in [0.4, 0.5) is 9.18 Å². The molecule has 0 radical (unpaired) electrons. The molecule has 1 aromatic carbocycles. The van der Waals surface area contributed by atoms with Gasteiger partial charge in [0.05, 0.1) is 12.3 Å². The largest absolute Gasteiger partial charge is 0.465 e. The lowest BCUT2D eigenvalue weighted by Gasteiger charge is -2.38. The van der Waals surface area contributed by atoms with E-state index in [9.17, 15) is 14.3 Å². The predicted molar refractivity (Wildman–Crippen MR) is 74.2 cm³/mol. The van der Waals surface area contributed by atoms with Crippen LogP contribution in [0.25, 0.3) is 0 Å². The van der Waals surface area contributed by atoms with Crippen LogP contribution in [0.5, 0.6) is 0 Å². The number of hydrogen-bond donors (Lipinski definition) is 2. The van der Waals surface area contributed by atoms with E-state index >= 15 is 0 Å². The molecular weight excluding hydrogens is 263 g/mol. The molecule has 0 bridgehead atoms. The molecule has 1 atom stereocenters. The number of nitrogens with zero attached hydrogens (tertiary/aromatic N) is 2. The van der Waals surface area contributed by atoms with Crippen molar-refractivity contribution in [1.29, 1.82) is 0 Å². The Hall–Kier alpha value is -2.11. The predicted octanol–water partition coefficient (Wildman–Crippen LogP) is 3.28. The Bertz CT molecular complexity index is 480. The zero-order valence-electron chi connectivity index (χ0n) is 11.7. The van der Waals surface area contributed by atoms with Crippen LogP contribution in [0.15, 0.2) is 29.4 Å². The number of carboxylic acid groups (broad SMARTS) is 1. The lowest BCUT2D eigenvalue weighted by atomic mass is 9.98. The summed E-state index contributed by atoms with van der Waals surface area (Å²) in [5, 5.41) is 20.7. The fraction of sp³-hybridized carbons (Fsp3) is 0.429. The van der Waals surface area contributed by atoms with Crippen LogP contribution in [0.2, 0.25) is 0 Å². The summed E-state index contributed by atoms with van der Waals surface area (Å²) in [6.07, 6.45) is 0.0774. The number of rotatable bonds is 4. The Balaban J connectivity index is 3.13. The Labute approximate surface area is 117 Å². The number of carbonyl (C=O) groups is 1. The van der Waals surface area contributed by atoms with E-state index in [2.05, 4.69) is 5.16 Å². The van der Waals surface area contributed by atoms with Gasteiger partial charge in [-0.25, -0.2) is 9.18 Å². The number of alkyl halides is 1. The van der Waals surface area contributed by atoms with Gasteiger partial charge < -0.3 is 10.3 Å². The summed E-state index contributed by atoms with van der Waals surface area (Å²) < 4.78 is 13.4. The van der Waals surface area contributed by atoms with Gasteiger partial charge in [-0.05, 0) is 31.9 Å². The van der Waals surface area contributed by atoms with Crippen molar-refractivity contribution in [3.8, 4) is 0 Å². The smallest absolute Gasteiger partial charge is 0.408 e. The molecular formula is C14H19FN2O3. The molecule has 0 aliphatic heterocycles. The minimum Gasteiger partial charge on any atom is -0.465 e. The van der Waals surface area contributed by atoms with E-state index in [1.807, 2.05) is 0 Å². The van der Waals surface area contributed by atoms with Gasteiger partial charge in [0.2, 0.25) is 0 Å². The van der Waals surface area contributed by atoms with Crippen LogP contribution in [-0.4, -0.2) is 39.7 Å². The van der Waals surface area contributed by atoms with Crippen LogP contribution in [0, 0.1) is 0 Å². The highest BCUT2D eigenvalue weighted by Crippen LogP contribution is 2.29. The Morgan fingerprint density at radius 3 is 2.30 bits per heavy atom. The number of oxime groups is 1. The molecule has 0 aliphatic carbocycles. The Morgan fingerprint density at radius 1 is 1.40 bits per heavy atom. The summed E-state index contributed by atoms with van der Waals surface area (Å²) in [5.41, 5.74) is 0.486. The fourth-order valence-corrected chi connectivity index (χ4v) is 2.07. The summed E-state index contributed by atoms with van der Waals surface area (Å²) >= 11 is 0. The van der Waals surface area contributed by atoms with Crippen molar-refractivity contribution in [2.24, 2.45) is 5.16 Å². The van der Waals surface area contributed by atoms with Crippen LogP contribution in [0.3, 0.4) is 0 Å². The first kappa shape index (κ1) is 15.9. The zero-order chi connectivity index (χ0) is 15.3. The van der Waals surface area contributed by atoms with Gasteiger partial charge in [-0.15, -0.1) is 0 Å². The van der Waals surface area contributed by atoms with Gasteiger partial charge >= 0.3 is 6.09 Å². The number of hydrogen-bond acceptors (Lipinski definition) is 3. The first-order valence-corrected chi connectivity index (χ1v) is 6.17. The van der Waals surface area contributed by atoms with Crippen molar-refractivity contribution in [3.05, 3.63) is 35.4 Å². The quantitative estimate of drug-likeness (QED) is 0.505. The van der Waals surface area contributed by atoms with E-state index in [-0.39, 0.29) is 0 Å². The fourth-order valence-electron chi connectivity index (χ4n) is 2.07. The molecule has 0 aromatic heterocycles. The van der Waals surface area contributed by atoms with E-state index < -0.39 is 24.3 Å². The molecule has 1 rings (SSSR count). The van der Waals surface area contributed by atoms with Crippen LogP contribution >= 0.6 is 0 Å². The van der Waals surface area contributed by atoms with Crippen LogP contribution in [0.1, 0.15) is 37.9 Å². The summed E-state index contributed by atoms with van der Waals surface area (Å²) in [7, 11) is 0. The summed E-state index contributed by atoms with van der Waals surface area (Å²) in [5.74, 6) is 0. The maximum Gasteiger partial charge on any atom is 0.408 e. The summed E-state index contributed by atoms with van der Waals surface area (Å²) in [6.45, 7) is 4.35. The van der Waals surface area contributed by atoms with Crippen molar-refractivity contribution in [2.45, 2.75) is 32.4 Å². The Kier molecular flexibility index (Phi) is 5.07. The lowest BCUT2D eigenvalue weighted by Crippen LogP contribution is -2.47. The highest BCUT2D eigenvalue weighted by molar-refractivity contribution is 5.79. The molecule has 0 saturated carbocycles. The second-order valence-corrected chi connectivity index (χ2v) is 5.40. The van der Waals surface area contributed by atoms with E-state index in [4.69, 9.17) is 5.21 Å². The average Bonchev–Trinajstić information content (AvgIpc) is 2.35. The normalized spacial score (nSPS) is 13.4. The van der Waals surface area contributed by atoms with E-state index in [1.54, 1.807) is 45.0 Å². The van der Waals surface area contributed by atoms with Crippen molar-refractivity contribution < 1.29 is 19.5 Å². The van der Waals surface area contributed by atoms with Crippen molar-refractivity contribution in [1.82, 2.24) is 4.90 Å². The van der Waals surface area contributed by atoms with Gasteiger partial charge in [0.15, 0.2) is 0 Å². The van der Waals surface area contributed by atoms with Gasteiger partial charge in [0.25, 0.3) is 0 Å². The second-order valence-electron chi connectivity index (χ2n) is 5.40. The summed E-state index contributed by atoms with van der Waals surface area (Å²) in [4.78, 5) is 12.5. The molecule has 110 valence electrons. The first-order valence-electron chi connectivity index (χ1n) is 6.17. The molecule has 0 fully saturated rings. The molecule has 0 saturated heterocycles. The Morgan fingerprint density at radius 2 is 1.95 bits per heavy atom. The zero-order valence-corrected chi connectivity index (χ0v) is 11.7. The second kappa shape index (κ2) is 6.36. The van der Waals surface area contributed by atoms with Crippen LogP contribution in [-0.2, 0) is 0 Å². The highest BCUT2D eigenvalue weighted by Gasteiger charge is 2.34.